The zero-order valence-corrected chi connectivity index (χ0v) is 15.5. The van der Waals surface area contributed by atoms with Gasteiger partial charge in [-0.2, -0.15) is 0 Å². The number of halogens is 1. The number of anilines is 2. The Hall–Kier alpha value is -2.90. The van der Waals surface area contributed by atoms with E-state index in [1.165, 1.54) is 17.9 Å². The number of amides is 2. The molecule has 2 amide bonds. The lowest BCUT2D eigenvalue weighted by atomic mass is 10.2. The van der Waals surface area contributed by atoms with Crippen LogP contribution in [-0.2, 0) is 9.59 Å². The van der Waals surface area contributed by atoms with Gasteiger partial charge in [0.05, 0.1) is 5.69 Å². The number of hydrogen-bond donors (Lipinski definition) is 0. The fraction of sp³-hybridized carbons (Fsp3) is 0.421. The first-order valence-corrected chi connectivity index (χ1v) is 8.94. The van der Waals surface area contributed by atoms with E-state index in [1.807, 2.05) is 4.90 Å². The highest BCUT2D eigenvalue weighted by Gasteiger charge is 2.24. The maximum atomic E-state index is 13.9. The Morgan fingerprint density at radius 2 is 1.93 bits per heavy atom. The van der Waals surface area contributed by atoms with E-state index in [0.29, 0.717) is 43.4 Å². The van der Waals surface area contributed by atoms with Crippen molar-refractivity contribution >= 4 is 23.3 Å². The minimum absolute atomic E-state index is 0.0327. The molecule has 0 unspecified atom stereocenters. The van der Waals surface area contributed by atoms with Gasteiger partial charge in [-0.05, 0) is 19.1 Å². The molecule has 1 fully saturated rings. The number of aryl methyl sites for hydroxylation is 1. The van der Waals surface area contributed by atoms with E-state index in [1.54, 1.807) is 36.1 Å². The Balaban J connectivity index is 1.53. The van der Waals surface area contributed by atoms with Crippen LogP contribution in [0.1, 0.15) is 19.1 Å². The predicted octanol–water partition coefficient (Wildman–Crippen LogP) is 2.21. The Morgan fingerprint density at radius 1 is 1.22 bits per heavy atom. The third kappa shape index (κ3) is 4.45. The molecule has 0 bridgehead atoms. The number of carbonyl (C=O) groups excluding carboxylic acids is 2. The van der Waals surface area contributed by atoms with Crippen LogP contribution in [0, 0.1) is 12.7 Å². The van der Waals surface area contributed by atoms with Gasteiger partial charge in [0.15, 0.2) is 5.82 Å². The quantitative estimate of drug-likeness (QED) is 0.803. The molecule has 0 atom stereocenters. The molecule has 144 valence electrons. The van der Waals surface area contributed by atoms with Crippen molar-refractivity contribution in [2.75, 3.05) is 42.5 Å². The highest BCUT2D eigenvalue weighted by molar-refractivity contribution is 5.91. The Labute approximate surface area is 157 Å². The average Bonchev–Trinajstić information content (AvgIpc) is 3.08. The molecule has 1 aromatic carbocycles. The highest BCUT2D eigenvalue weighted by Crippen LogP contribution is 2.20. The largest absolute Gasteiger partial charge is 0.366 e. The summed E-state index contributed by atoms with van der Waals surface area (Å²) in [7, 11) is 0. The van der Waals surface area contributed by atoms with E-state index < -0.39 is 0 Å². The molecule has 1 aliphatic heterocycles. The number of nitrogens with zero attached hydrogens (tertiary/aromatic N) is 4. The van der Waals surface area contributed by atoms with Crippen molar-refractivity contribution in [3.05, 3.63) is 41.9 Å². The highest BCUT2D eigenvalue weighted by atomic mass is 19.1. The van der Waals surface area contributed by atoms with Crippen LogP contribution in [0.5, 0.6) is 0 Å². The van der Waals surface area contributed by atoms with Crippen molar-refractivity contribution in [3.8, 4) is 0 Å². The number of aromatic nitrogens is 1. The third-order valence-corrected chi connectivity index (χ3v) is 4.65. The molecule has 0 N–H and O–H groups in total. The molecule has 2 aromatic rings. The minimum Gasteiger partial charge on any atom is -0.366 e. The van der Waals surface area contributed by atoms with Crippen molar-refractivity contribution in [3.63, 3.8) is 0 Å². The van der Waals surface area contributed by atoms with Crippen LogP contribution in [0.2, 0.25) is 0 Å². The summed E-state index contributed by atoms with van der Waals surface area (Å²) in [5.74, 6) is 0.538. The molecule has 0 spiro atoms. The summed E-state index contributed by atoms with van der Waals surface area (Å²) in [5.41, 5.74) is 0.564. The second-order valence-corrected chi connectivity index (χ2v) is 6.54. The van der Waals surface area contributed by atoms with Crippen molar-refractivity contribution in [1.82, 2.24) is 10.1 Å². The first-order chi connectivity index (χ1) is 13.0. The summed E-state index contributed by atoms with van der Waals surface area (Å²) in [6, 6.07) is 8.32. The Bertz CT molecular complexity index is 815. The van der Waals surface area contributed by atoms with Gasteiger partial charge in [0.25, 0.3) is 0 Å². The molecule has 1 aliphatic rings. The summed E-state index contributed by atoms with van der Waals surface area (Å²) >= 11 is 0. The topological polar surface area (TPSA) is 69.9 Å². The second kappa shape index (κ2) is 8.20. The van der Waals surface area contributed by atoms with Crippen molar-refractivity contribution in [2.45, 2.75) is 20.3 Å². The Kier molecular flexibility index (Phi) is 5.73. The lowest BCUT2D eigenvalue weighted by Crippen LogP contribution is -2.49. The summed E-state index contributed by atoms with van der Waals surface area (Å²) in [6.45, 7) is 5.62. The second-order valence-electron chi connectivity index (χ2n) is 6.54. The molecule has 0 saturated carbocycles. The van der Waals surface area contributed by atoms with Gasteiger partial charge in [-0.1, -0.05) is 17.3 Å². The van der Waals surface area contributed by atoms with Gasteiger partial charge in [-0.25, -0.2) is 4.39 Å². The number of benzene rings is 1. The van der Waals surface area contributed by atoms with Crippen molar-refractivity contribution in [2.24, 2.45) is 0 Å². The number of para-hydroxylation sites is 1. The smallest absolute Gasteiger partial charge is 0.225 e. The van der Waals surface area contributed by atoms with E-state index in [4.69, 9.17) is 4.52 Å². The van der Waals surface area contributed by atoms with Gasteiger partial charge in [0.2, 0.25) is 11.8 Å². The van der Waals surface area contributed by atoms with E-state index in [9.17, 15) is 14.0 Å². The number of hydrogen-bond acceptors (Lipinski definition) is 5. The summed E-state index contributed by atoms with van der Waals surface area (Å²) in [5, 5.41) is 3.84. The molecule has 0 radical (unpaired) electrons. The van der Waals surface area contributed by atoms with Crippen LogP contribution in [0.25, 0.3) is 0 Å². The summed E-state index contributed by atoms with van der Waals surface area (Å²) < 4.78 is 18.9. The SMILES string of the molecule is CC(=O)N(CCC(=O)N1CCN(c2ccccc2F)CC1)c1cc(C)on1. The third-order valence-electron chi connectivity index (χ3n) is 4.65. The molecular weight excluding hydrogens is 351 g/mol. The molecular formula is C19H23FN4O3. The van der Waals surface area contributed by atoms with Gasteiger partial charge in [-0.3, -0.25) is 14.5 Å². The zero-order valence-electron chi connectivity index (χ0n) is 15.5. The molecule has 1 saturated heterocycles. The molecule has 0 aliphatic carbocycles. The van der Waals surface area contributed by atoms with Gasteiger partial charge in [0.1, 0.15) is 11.6 Å². The fourth-order valence-corrected chi connectivity index (χ4v) is 3.18. The summed E-state index contributed by atoms with van der Waals surface area (Å²) in [6.07, 6.45) is 0.200. The monoisotopic (exact) mass is 374 g/mol. The normalized spacial score (nSPS) is 14.3. The Morgan fingerprint density at radius 3 is 2.52 bits per heavy atom. The maximum Gasteiger partial charge on any atom is 0.225 e. The number of carbonyl (C=O) groups is 2. The number of piperazine rings is 1. The van der Waals surface area contributed by atoms with E-state index in [0.717, 1.165) is 0 Å². The lowest BCUT2D eigenvalue weighted by Gasteiger charge is -2.36. The first kappa shape index (κ1) is 18.9. The first-order valence-electron chi connectivity index (χ1n) is 8.94. The molecule has 8 heteroatoms. The van der Waals surface area contributed by atoms with Gasteiger partial charge in [-0.15, -0.1) is 0 Å². The molecule has 7 nitrogen and oxygen atoms in total. The molecule has 27 heavy (non-hydrogen) atoms. The van der Waals surface area contributed by atoms with Crippen LogP contribution >= 0.6 is 0 Å². The minimum atomic E-state index is -0.253. The van der Waals surface area contributed by atoms with Crippen molar-refractivity contribution in [1.29, 1.82) is 0 Å². The summed E-state index contributed by atoms with van der Waals surface area (Å²) in [4.78, 5) is 29.5. The predicted molar refractivity (Wildman–Crippen MR) is 99.1 cm³/mol. The van der Waals surface area contributed by atoms with Gasteiger partial charge >= 0.3 is 0 Å². The van der Waals surface area contributed by atoms with E-state index in [2.05, 4.69) is 5.16 Å². The fourth-order valence-electron chi connectivity index (χ4n) is 3.18. The van der Waals surface area contributed by atoms with Gasteiger partial charge in [0, 0.05) is 52.1 Å². The molecule has 3 rings (SSSR count). The molecule has 2 heterocycles. The van der Waals surface area contributed by atoms with E-state index >= 15 is 0 Å². The van der Waals surface area contributed by atoms with Crippen LogP contribution in [-0.4, -0.2) is 54.6 Å². The van der Waals surface area contributed by atoms with Crippen LogP contribution in [0.4, 0.5) is 15.9 Å². The molecule has 1 aromatic heterocycles. The van der Waals surface area contributed by atoms with E-state index in [-0.39, 0.29) is 30.6 Å². The number of rotatable bonds is 5. The van der Waals surface area contributed by atoms with Crippen LogP contribution < -0.4 is 9.80 Å². The van der Waals surface area contributed by atoms with Gasteiger partial charge < -0.3 is 14.3 Å². The lowest BCUT2D eigenvalue weighted by molar-refractivity contribution is -0.131. The zero-order chi connectivity index (χ0) is 19.4. The van der Waals surface area contributed by atoms with Crippen molar-refractivity contribution < 1.29 is 18.5 Å². The maximum absolute atomic E-state index is 13.9. The average molecular weight is 374 g/mol. The van der Waals surface area contributed by atoms with Crippen LogP contribution in [0.3, 0.4) is 0 Å². The standard InChI is InChI=1S/C19H23FN4O3/c1-14-13-18(21-27-14)24(15(2)25)8-7-19(26)23-11-9-22(10-12-23)17-6-4-3-5-16(17)20/h3-6,13H,7-12H2,1-2H3. The van der Waals surface area contributed by atoms with Crippen LogP contribution in [0.15, 0.2) is 34.9 Å².